The van der Waals surface area contributed by atoms with Gasteiger partial charge in [0.05, 0.1) is 16.3 Å². The van der Waals surface area contributed by atoms with Crippen molar-refractivity contribution in [3.8, 4) is 16.9 Å². The summed E-state index contributed by atoms with van der Waals surface area (Å²) in [5, 5.41) is 3.45. The van der Waals surface area contributed by atoms with Crippen LogP contribution in [0.4, 0.5) is 5.69 Å². The first-order valence-electron chi connectivity index (χ1n) is 9.69. The first-order valence-corrected chi connectivity index (χ1v) is 11.3. The second-order valence-electron chi connectivity index (χ2n) is 7.75. The van der Waals surface area contributed by atoms with Crippen LogP contribution < -0.4 is 15.6 Å². The zero-order valence-electron chi connectivity index (χ0n) is 17.1. The van der Waals surface area contributed by atoms with Crippen LogP contribution in [-0.4, -0.2) is 35.7 Å². The number of hydrogen-bond donors (Lipinski definition) is 2. The van der Waals surface area contributed by atoms with Gasteiger partial charge in [0.15, 0.2) is 21.7 Å². The number of pyridine rings is 1. The van der Waals surface area contributed by atoms with Gasteiger partial charge in [-0.3, -0.25) is 9.59 Å². The van der Waals surface area contributed by atoms with Gasteiger partial charge in [-0.15, -0.1) is 0 Å². The molecule has 3 aromatic rings. The lowest BCUT2D eigenvalue weighted by atomic mass is 9.99. The number of hydrogen-bond acceptors (Lipinski definition) is 5. The molecule has 9 heteroatoms. The quantitative estimate of drug-likeness (QED) is 0.663. The highest BCUT2D eigenvalue weighted by Crippen LogP contribution is 2.44. The summed E-state index contributed by atoms with van der Waals surface area (Å²) in [6.45, 7) is 5.32. The van der Waals surface area contributed by atoms with E-state index in [1.807, 2.05) is 13.8 Å². The Kier molecular flexibility index (Phi) is 4.73. The molecule has 2 aromatic heterocycles. The monoisotopic (exact) mass is 429 g/mol. The van der Waals surface area contributed by atoms with Crippen molar-refractivity contribution in [1.29, 1.82) is 0 Å². The Bertz CT molecular complexity index is 1330. The molecule has 0 bridgehead atoms. The van der Waals surface area contributed by atoms with Gasteiger partial charge in [-0.25, -0.2) is 8.42 Å². The average Bonchev–Trinajstić information content (AvgIpc) is 3.19. The van der Waals surface area contributed by atoms with E-state index in [0.29, 0.717) is 33.5 Å². The van der Waals surface area contributed by atoms with E-state index in [2.05, 4.69) is 10.3 Å². The zero-order chi connectivity index (χ0) is 21.8. The summed E-state index contributed by atoms with van der Waals surface area (Å²) in [5.41, 5.74) is 1.66. The van der Waals surface area contributed by atoms with Crippen LogP contribution in [-0.2, 0) is 21.7 Å². The van der Waals surface area contributed by atoms with E-state index >= 15 is 0 Å². The molecule has 4 rings (SSSR count). The number of nitrogens with one attached hydrogen (secondary N) is 2. The van der Waals surface area contributed by atoms with Gasteiger partial charge >= 0.3 is 0 Å². The van der Waals surface area contributed by atoms with Crippen molar-refractivity contribution in [1.82, 2.24) is 9.55 Å². The Hall–Kier alpha value is -3.07. The molecular weight excluding hydrogens is 406 g/mol. The number of aromatic nitrogens is 2. The number of rotatable bonds is 4. The number of benzene rings is 1. The Labute approximate surface area is 173 Å². The zero-order valence-corrected chi connectivity index (χ0v) is 18.0. The molecule has 0 radical (unpaired) electrons. The highest BCUT2D eigenvalue weighted by molar-refractivity contribution is 7.91. The fraction of sp³-hybridized carbons (Fsp3) is 0.333. The minimum Gasteiger partial charge on any atom is -0.477 e. The van der Waals surface area contributed by atoms with Crippen LogP contribution in [0.1, 0.15) is 20.8 Å². The Morgan fingerprint density at radius 2 is 1.93 bits per heavy atom. The average molecular weight is 429 g/mol. The molecule has 1 atom stereocenters. The fourth-order valence-electron chi connectivity index (χ4n) is 3.68. The molecule has 1 amide bonds. The largest absolute Gasteiger partial charge is 0.477 e. The molecule has 0 spiro atoms. The molecule has 2 N–H and O–H groups in total. The molecule has 158 valence electrons. The Morgan fingerprint density at radius 3 is 2.60 bits per heavy atom. The number of anilines is 1. The van der Waals surface area contributed by atoms with Gasteiger partial charge in [-0.05, 0) is 24.1 Å². The number of ether oxygens (including phenoxy) is 1. The van der Waals surface area contributed by atoms with Crippen molar-refractivity contribution in [2.24, 2.45) is 13.0 Å². The summed E-state index contributed by atoms with van der Waals surface area (Å²) in [6, 6.07) is 4.75. The van der Waals surface area contributed by atoms with Crippen LogP contribution >= 0.6 is 0 Å². The summed E-state index contributed by atoms with van der Waals surface area (Å²) in [7, 11) is -1.92. The van der Waals surface area contributed by atoms with Crippen molar-refractivity contribution in [2.75, 3.05) is 11.1 Å². The second-order valence-corrected chi connectivity index (χ2v) is 10.0. The number of amides is 1. The maximum absolute atomic E-state index is 12.6. The lowest BCUT2D eigenvalue weighted by Crippen LogP contribution is -2.40. The lowest BCUT2D eigenvalue weighted by Gasteiger charge is -2.30. The normalized spacial score (nSPS) is 16.4. The topological polar surface area (TPSA) is 110 Å². The Balaban J connectivity index is 2.07. The van der Waals surface area contributed by atoms with Gasteiger partial charge in [0, 0.05) is 36.0 Å². The first-order chi connectivity index (χ1) is 14.1. The number of carbonyl (C=O) groups excluding carboxylic acids is 1. The van der Waals surface area contributed by atoms with Crippen molar-refractivity contribution in [2.45, 2.75) is 31.8 Å². The van der Waals surface area contributed by atoms with E-state index < -0.39 is 15.9 Å². The Morgan fingerprint density at radius 1 is 1.20 bits per heavy atom. The molecule has 0 aliphatic carbocycles. The standard InChI is InChI=1S/C21H23N3O5S/c1-5-30(27,28)12-8-14(15-10-24(4)21(26)17-13(15)6-7-22-17)19-16(9-12)23-20(25)18(29-19)11(2)3/h6-11,18,22H,5H2,1-4H3,(H,23,25)/t18-/m0/s1. The number of nitrogens with zero attached hydrogens (tertiary/aromatic N) is 1. The number of aryl methyl sites for hydroxylation is 1. The summed E-state index contributed by atoms with van der Waals surface area (Å²) < 4.78 is 32.8. The molecule has 1 aliphatic heterocycles. The van der Waals surface area contributed by atoms with Crippen molar-refractivity contribution < 1.29 is 17.9 Å². The van der Waals surface area contributed by atoms with E-state index in [9.17, 15) is 18.0 Å². The van der Waals surface area contributed by atoms with Gasteiger partial charge in [0.25, 0.3) is 11.5 Å². The van der Waals surface area contributed by atoms with Gasteiger partial charge in [-0.2, -0.15) is 0 Å². The van der Waals surface area contributed by atoms with E-state index in [1.165, 1.54) is 10.6 Å². The van der Waals surface area contributed by atoms with Crippen LogP contribution in [0.5, 0.6) is 5.75 Å². The third kappa shape index (κ3) is 3.09. The van der Waals surface area contributed by atoms with E-state index in [0.717, 1.165) is 0 Å². The summed E-state index contributed by atoms with van der Waals surface area (Å²) in [6.07, 6.45) is 2.61. The molecule has 0 fully saturated rings. The molecule has 0 saturated carbocycles. The van der Waals surface area contributed by atoms with E-state index in [-0.39, 0.29) is 28.0 Å². The highest BCUT2D eigenvalue weighted by atomic mass is 32.2. The third-order valence-corrected chi connectivity index (χ3v) is 7.07. The minimum atomic E-state index is -3.55. The van der Waals surface area contributed by atoms with Gasteiger partial charge in [-0.1, -0.05) is 20.8 Å². The molecule has 8 nitrogen and oxygen atoms in total. The maximum Gasteiger partial charge on any atom is 0.274 e. The third-order valence-electron chi connectivity index (χ3n) is 5.35. The number of aromatic amines is 1. The molecule has 3 heterocycles. The van der Waals surface area contributed by atoms with Crippen molar-refractivity contribution in [3.63, 3.8) is 0 Å². The van der Waals surface area contributed by atoms with Crippen molar-refractivity contribution >= 4 is 32.3 Å². The van der Waals surface area contributed by atoms with Crippen molar-refractivity contribution in [3.05, 3.63) is 40.9 Å². The summed E-state index contributed by atoms with van der Waals surface area (Å²) in [4.78, 5) is 28.0. The molecule has 1 aliphatic rings. The van der Waals surface area contributed by atoms with E-state index in [1.54, 1.807) is 38.5 Å². The number of carbonyl (C=O) groups is 1. The fourth-order valence-corrected chi connectivity index (χ4v) is 4.60. The number of H-pyrrole nitrogens is 1. The minimum absolute atomic E-state index is 0.0819. The van der Waals surface area contributed by atoms with Crippen LogP contribution in [0.15, 0.2) is 40.3 Å². The van der Waals surface area contributed by atoms with E-state index in [4.69, 9.17) is 4.74 Å². The first kappa shape index (κ1) is 20.2. The number of fused-ring (bicyclic) bond motifs is 2. The van der Waals surface area contributed by atoms with Crippen LogP contribution in [0.3, 0.4) is 0 Å². The SMILES string of the molecule is CCS(=O)(=O)c1cc2c(c(-c3cn(C)c(=O)c4[nH]ccc34)c1)O[C@@H](C(C)C)C(=O)N2. The van der Waals surface area contributed by atoms with Gasteiger partial charge < -0.3 is 19.6 Å². The predicted molar refractivity (Wildman–Crippen MR) is 115 cm³/mol. The van der Waals surface area contributed by atoms with Crippen LogP contribution in [0, 0.1) is 5.92 Å². The molecule has 0 saturated heterocycles. The predicted octanol–water partition coefficient (Wildman–Crippen LogP) is 2.68. The van der Waals surface area contributed by atoms with Gasteiger partial charge in [0.1, 0.15) is 5.52 Å². The summed E-state index contributed by atoms with van der Waals surface area (Å²) >= 11 is 0. The summed E-state index contributed by atoms with van der Waals surface area (Å²) in [5.74, 6) is -0.0923. The van der Waals surface area contributed by atoms with Crippen LogP contribution in [0.25, 0.3) is 22.0 Å². The molecular formula is C21H23N3O5S. The lowest BCUT2D eigenvalue weighted by molar-refractivity contribution is -0.125. The van der Waals surface area contributed by atoms with Gasteiger partial charge in [0.2, 0.25) is 0 Å². The second kappa shape index (κ2) is 7.02. The van der Waals surface area contributed by atoms with Crippen LogP contribution in [0.2, 0.25) is 0 Å². The molecule has 30 heavy (non-hydrogen) atoms. The maximum atomic E-state index is 12.6. The molecule has 0 unspecified atom stereocenters. The highest BCUT2D eigenvalue weighted by Gasteiger charge is 2.34. The molecule has 1 aromatic carbocycles. The smallest absolute Gasteiger partial charge is 0.274 e. The number of sulfone groups is 1.